The van der Waals surface area contributed by atoms with Gasteiger partial charge in [-0.05, 0) is 52.4 Å². The Hall–Kier alpha value is -1.67. The Morgan fingerprint density at radius 2 is 1.67 bits per heavy atom. The third kappa shape index (κ3) is 3.00. The number of hydrogen-bond acceptors (Lipinski definition) is 3. The predicted octanol–water partition coefficient (Wildman–Crippen LogP) is 4.11. The maximum atomic E-state index is 12.4. The minimum absolute atomic E-state index is 0.117. The Morgan fingerprint density at radius 1 is 1.08 bits per heavy atom. The van der Waals surface area contributed by atoms with Crippen LogP contribution in [0.4, 0.5) is 0 Å². The van der Waals surface area contributed by atoms with E-state index in [1.54, 1.807) is 31.3 Å². The number of aliphatic hydroxyl groups excluding tert-OH is 1. The molecule has 1 aliphatic rings. The molecule has 1 unspecified atom stereocenters. The van der Waals surface area contributed by atoms with Crippen molar-refractivity contribution in [1.29, 1.82) is 0 Å². The Labute approximate surface area is 161 Å². The van der Waals surface area contributed by atoms with Crippen molar-refractivity contribution < 1.29 is 14.7 Å². The van der Waals surface area contributed by atoms with Gasteiger partial charge in [0.05, 0.1) is 11.6 Å². The first-order valence-corrected chi connectivity index (χ1v) is 9.03. The Balaban J connectivity index is 2.16. The summed E-state index contributed by atoms with van der Waals surface area (Å²) in [6, 6.07) is 13.9. The van der Waals surface area contributed by atoms with Crippen molar-refractivity contribution in [2.45, 2.75) is 6.04 Å². The maximum Gasteiger partial charge on any atom is 0.295 e. The van der Waals surface area contributed by atoms with Gasteiger partial charge in [-0.15, -0.1) is 0 Å². The molecule has 4 nitrogen and oxygen atoms in total. The highest BCUT2D eigenvalue weighted by molar-refractivity contribution is 14.1. The summed E-state index contributed by atoms with van der Waals surface area (Å²) in [4.78, 5) is 26.0. The van der Waals surface area contributed by atoms with Gasteiger partial charge in [-0.1, -0.05) is 40.2 Å². The van der Waals surface area contributed by atoms with Crippen LogP contribution in [0.15, 0.2) is 58.6 Å². The number of hydrogen-bond donors (Lipinski definition) is 1. The zero-order valence-corrected chi connectivity index (χ0v) is 16.4. The van der Waals surface area contributed by atoms with Crippen molar-refractivity contribution in [3.05, 3.63) is 73.3 Å². The van der Waals surface area contributed by atoms with Crippen molar-refractivity contribution in [2.75, 3.05) is 7.05 Å². The Bertz CT molecular complexity index is 844. The number of ketones is 1. The van der Waals surface area contributed by atoms with Crippen molar-refractivity contribution in [3.8, 4) is 0 Å². The average molecular weight is 498 g/mol. The first-order valence-electron chi connectivity index (χ1n) is 7.16. The topological polar surface area (TPSA) is 57.6 Å². The summed E-state index contributed by atoms with van der Waals surface area (Å²) in [6.07, 6.45) is 0. The van der Waals surface area contributed by atoms with Gasteiger partial charge in [0.2, 0.25) is 0 Å². The largest absolute Gasteiger partial charge is 0.507 e. The quantitative estimate of drug-likeness (QED) is 0.294. The fourth-order valence-electron chi connectivity index (χ4n) is 2.75. The number of aliphatic hydroxyl groups is 1. The van der Waals surface area contributed by atoms with Crippen molar-refractivity contribution in [2.24, 2.45) is 0 Å². The number of carbonyl (C=O) groups excluding carboxylic acids is 2. The van der Waals surface area contributed by atoms with Crippen LogP contribution in [0.5, 0.6) is 0 Å². The second kappa shape index (κ2) is 6.68. The van der Waals surface area contributed by atoms with Gasteiger partial charge in [-0.2, -0.15) is 0 Å². The van der Waals surface area contributed by atoms with E-state index in [1.165, 1.54) is 4.90 Å². The zero-order valence-electron chi connectivity index (χ0n) is 12.7. The number of rotatable bonds is 2. The number of likely N-dealkylation sites (N-methyl/N-ethyl adjacent to an activating group) is 1. The first kappa shape index (κ1) is 17.2. The first-order chi connectivity index (χ1) is 11.4. The van der Waals surface area contributed by atoms with Gasteiger partial charge in [0.25, 0.3) is 11.7 Å². The summed E-state index contributed by atoms with van der Waals surface area (Å²) < 4.78 is 1.92. The normalized spacial score (nSPS) is 19.8. The van der Waals surface area contributed by atoms with E-state index in [1.807, 2.05) is 24.3 Å². The minimum atomic E-state index is -0.665. The molecule has 6 heteroatoms. The van der Waals surface area contributed by atoms with E-state index >= 15 is 0 Å². The molecule has 24 heavy (non-hydrogen) atoms. The number of halogens is 2. The maximum absolute atomic E-state index is 12.4. The molecule has 2 aromatic carbocycles. The lowest BCUT2D eigenvalue weighted by Gasteiger charge is -2.21. The van der Waals surface area contributed by atoms with Gasteiger partial charge in [0, 0.05) is 20.7 Å². The van der Waals surface area contributed by atoms with Crippen molar-refractivity contribution >= 4 is 56.0 Å². The molecule has 1 aliphatic heterocycles. The molecule has 1 heterocycles. The van der Waals surface area contributed by atoms with Gasteiger partial charge in [-0.3, -0.25) is 9.59 Å². The van der Waals surface area contributed by atoms with E-state index in [0.29, 0.717) is 5.56 Å². The molecule has 2 aromatic rings. The highest BCUT2D eigenvalue weighted by Gasteiger charge is 2.44. The molecule has 0 aliphatic carbocycles. The lowest BCUT2D eigenvalue weighted by atomic mass is 9.95. The molecule has 1 N–H and O–H groups in total. The average Bonchev–Trinajstić information content (AvgIpc) is 2.80. The van der Waals surface area contributed by atoms with Crippen LogP contribution < -0.4 is 0 Å². The van der Waals surface area contributed by atoms with Crippen LogP contribution in [0.3, 0.4) is 0 Å². The summed E-state index contributed by atoms with van der Waals surface area (Å²) in [7, 11) is 1.57. The van der Waals surface area contributed by atoms with E-state index in [4.69, 9.17) is 0 Å². The van der Waals surface area contributed by atoms with Gasteiger partial charge >= 0.3 is 0 Å². The molecule has 1 amide bonds. The summed E-state index contributed by atoms with van der Waals surface area (Å²) in [5, 5.41) is 10.7. The summed E-state index contributed by atoms with van der Waals surface area (Å²) >= 11 is 5.53. The fourth-order valence-corrected chi connectivity index (χ4v) is 3.37. The van der Waals surface area contributed by atoms with Crippen molar-refractivity contribution in [3.63, 3.8) is 0 Å². The number of Topliss-reactive ketones (excluding diaryl/α,β-unsaturated/α-hetero) is 1. The lowest BCUT2D eigenvalue weighted by molar-refractivity contribution is -0.139. The Morgan fingerprint density at radius 3 is 2.25 bits per heavy atom. The van der Waals surface area contributed by atoms with Crippen LogP contribution in [0.1, 0.15) is 17.2 Å². The molecule has 0 spiro atoms. The van der Waals surface area contributed by atoms with E-state index in [2.05, 4.69) is 38.5 Å². The molecular formula is C18H13BrINO3. The number of amides is 1. The number of nitrogens with zero attached hydrogens (tertiary/aromatic N) is 1. The van der Waals surface area contributed by atoms with Gasteiger partial charge in [-0.25, -0.2) is 0 Å². The minimum Gasteiger partial charge on any atom is -0.507 e. The van der Waals surface area contributed by atoms with E-state index < -0.39 is 17.7 Å². The van der Waals surface area contributed by atoms with Crippen LogP contribution in [0.2, 0.25) is 0 Å². The van der Waals surface area contributed by atoms with Crippen LogP contribution in [0.25, 0.3) is 5.76 Å². The molecule has 0 radical (unpaired) electrons. The third-order valence-electron chi connectivity index (χ3n) is 3.98. The highest BCUT2D eigenvalue weighted by atomic mass is 127. The molecule has 1 saturated heterocycles. The standard InChI is InChI=1S/C18H13BrINO3/c1-21-15(10-4-8-13(20)9-5-10)14(17(23)18(21)24)16(22)11-2-6-12(19)7-3-11/h2-9,15,22H,1H3. The van der Waals surface area contributed by atoms with Gasteiger partial charge < -0.3 is 10.0 Å². The molecule has 0 bridgehead atoms. The summed E-state index contributed by atoms with van der Waals surface area (Å²) in [5.41, 5.74) is 1.40. The predicted molar refractivity (Wildman–Crippen MR) is 103 cm³/mol. The zero-order chi connectivity index (χ0) is 17.4. The van der Waals surface area contributed by atoms with E-state index in [9.17, 15) is 14.7 Å². The third-order valence-corrected chi connectivity index (χ3v) is 5.23. The lowest BCUT2D eigenvalue weighted by Crippen LogP contribution is -2.24. The van der Waals surface area contributed by atoms with Gasteiger partial charge in [0.1, 0.15) is 5.76 Å². The fraction of sp³-hybridized carbons (Fsp3) is 0.111. The van der Waals surface area contributed by atoms with E-state index in [0.717, 1.165) is 13.6 Å². The van der Waals surface area contributed by atoms with Crippen LogP contribution >= 0.6 is 38.5 Å². The second-order valence-electron chi connectivity index (χ2n) is 5.47. The monoisotopic (exact) mass is 497 g/mol. The molecule has 3 rings (SSSR count). The van der Waals surface area contributed by atoms with Crippen LogP contribution in [-0.2, 0) is 9.59 Å². The van der Waals surface area contributed by atoms with Gasteiger partial charge in [0.15, 0.2) is 0 Å². The van der Waals surface area contributed by atoms with Crippen LogP contribution in [0, 0.1) is 3.57 Å². The Kier molecular flexibility index (Phi) is 4.78. The highest BCUT2D eigenvalue weighted by Crippen LogP contribution is 2.38. The molecule has 0 saturated carbocycles. The SMILES string of the molecule is CN1C(=O)C(=O)C(=C(O)c2ccc(Br)cc2)C1c1ccc(I)cc1. The molecule has 1 fully saturated rings. The number of benzene rings is 2. The summed E-state index contributed by atoms with van der Waals surface area (Å²) in [5.74, 6) is -1.44. The van der Waals surface area contributed by atoms with Crippen LogP contribution in [-0.4, -0.2) is 28.7 Å². The molecule has 0 aromatic heterocycles. The summed E-state index contributed by atoms with van der Waals surface area (Å²) in [6.45, 7) is 0. The smallest absolute Gasteiger partial charge is 0.295 e. The number of likely N-dealkylation sites (tertiary alicyclic amines) is 1. The molecular weight excluding hydrogens is 485 g/mol. The van der Waals surface area contributed by atoms with E-state index in [-0.39, 0.29) is 11.3 Å². The number of carbonyl (C=O) groups is 2. The molecule has 1 atom stereocenters. The van der Waals surface area contributed by atoms with Crippen molar-refractivity contribution in [1.82, 2.24) is 4.90 Å². The second-order valence-corrected chi connectivity index (χ2v) is 7.63. The molecule has 122 valence electrons.